The van der Waals surface area contributed by atoms with Crippen molar-refractivity contribution in [2.75, 3.05) is 16.4 Å². The largest absolute Gasteiger partial charge is 0.449 e. The molecule has 0 aliphatic carbocycles. The van der Waals surface area contributed by atoms with Crippen LogP contribution in [0.25, 0.3) is 0 Å². The summed E-state index contributed by atoms with van der Waals surface area (Å²) in [5.41, 5.74) is -4.68. The molecule has 2 aromatic carbocycles. The zero-order valence-electron chi connectivity index (χ0n) is 23.6. The summed E-state index contributed by atoms with van der Waals surface area (Å²) in [5.74, 6) is -0.258. The smallest absolute Gasteiger partial charge is 0.416 e. The van der Waals surface area contributed by atoms with E-state index in [-0.39, 0.29) is 36.3 Å². The van der Waals surface area contributed by atoms with Crippen LogP contribution in [0.1, 0.15) is 67.0 Å². The first-order chi connectivity index (χ1) is 20.4. The highest BCUT2D eigenvalue weighted by Gasteiger charge is 2.43. The second-order valence-electron chi connectivity index (χ2n) is 10.2. The average Bonchev–Trinajstić information content (AvgIpc) is 3.35. The second-order valence-corrected chi connectivity index (χ2v) is 10.2. The first-order valence-corrected chi connectivity index (χ1v) is 13.4. The lowest BCUT2D eigenvalue weighted by Gasteiger charge is -2.44. The summed E-state index contributed by atoms with van der Waals surface area (Å²) in [5, 5.41) is 11.7. The second kappa shape index (κ2) is 12.1. The van der Waals surface area contributed by atoms with Gasteiger partial charge in [-0.3, -0.25) is 4.90 Å². The van der Waals surface area contributed by atoms with Gasteiger partial charge < -0.3 is 9.64 Å². The molecule has 1 aliphatic heterocycles. The van der Waals surface area contributed by atoms with Gasteiger partial charge in [-0.1, -0.05) is 18.4 Å². The Hall–Kier alpha value is -4.05. The molecule has 1 amide bonds. The first kappa shape index (κ1) is 32.9. The number of anilines is 2. The standard InChI is InChI=1S/C27H27F9N6O2/c1-4-6-19-13-22(20-12-16(25(28,29)30)7-8-21(20)42(19)24(43)44-5-2)41(23-37-39-40(3)38-23)14-15-9-17(26(31,32)33)11-18(10-15)27(34,35)36/h7-12,19,22H,4-6,13-14H2,1-3H3/t19-,22+/m1/s1. The van der Waals surface area contributed by atoms with Gasteiger partial charge in [0, 0.05) is 12.6 Å². The molecule has 1 aromatic heterocycles. The Bertz CT molecular complexity index is 1450. The third-order valence-corrected chi connectivity index (χ3v) is 7.05. The van der Waals surface area contributed by atoms with E-state index in [4.69, 9.17) is 4.74 Å². The molecule has 4 rings (SSSR count). The number of halogens is 9. The number of rotatable bonds is 7. The fourth-order valence-electron chi connectivity index (χ4n) is 5.24. The number of aromatic nitrogens is 4. The van der Waals surface area contributed by atoms with E-state index in [1.807, 2.05) is 6.92 Å². The Balaban J connectivity index is 1.94. The molecule has 17 heteroatoms. The topological polar surface area (TPSA) is 76.4 Å². The van der Waals surface area contributed by atoms with Crippen LogP contribution in [0, 0.1) is 0 Å². The molecule has 8 nitrogen and oxygen atoms in total. The molecule has 0 saturated carbocycles. The molecule has 2 atom stereocenters. The van der Waals surface area contributed by atoms with Crippen LogP contribution in [0.15, 0.2) is 36.4 Å². The summed E-state index contributed by atoms with van der Waals surface area (Å²) in [6.45, 7) is 2.67. The number of carbonyl (C=O) groups is 1. The van der Waals surface area contributed by atoms with E-state index < -0.39 is 65.5 Å². The van der Waals surface area contributed by atoms with Crippen LogP contribution in [0.5, 0.6) is 0 Å². The van der Waals surface area contributed by atoms with Gasteiger partial charge in [0.1, 0.15) is 0 Å². The molecule has 0 fully saturated rings. The predicted molar refractivity (Wildman–Crippen MR) is 138 cm³/mol. The number of ether oxygens (including phenoxy) is 1. The van der Waals surface area contributed by atoms with Gasteiger partial charge in [0.15, 0.2) is 0 Å². The highest BCUT2D eigenvalue weighted by atomic mass is 19.4. The molecule has 1 aliphatic rings. The molecule has 0 bridgehead atoms. The van der Waals surface area contributed by atoms with Crippen LogP contribution in [-0.4, -0.2) is 38.9 Å². The number of hydrogen-bond donors (Lipinski definition) is 0. The molecule has 0 spiro atoms. The molecule has 0 radical (unpaired) electrons. The van der Waals surface area contributed by atoms with Crippen LogP contribution >= 0.6 is 0 Å². The Morgan fingerprint density at radius 2 is 1.55 bits per heavy atom. The van der Waals surface area contributed by atoms with Crippen molar-refractivity contribution in [2.24, 2.45) is 7.05 Å². The summed E-state index contributed by atoms with van der Waals surface area (Å²) in [4.78, 5) is 16.5. The number of fused-ring (bicyclic) bond motifs is 1. The first-order valence-electron chi connectivity index (χ1n) is 13.4. The van der Waals surface area contributed by atoms with Gasteiger partial charge in [-0.15, -0.1) is 5.10 Å². The van der Waals surface area contributed by atoms with E-state index in [1.54, 1.807) is 6.92 Å². The highest BCUT2D eigenvalue weighted by molar-refractivity contribution is 5.90. The Kier molecular flexibility index (Phi) is 9.07. The number of aryl methyl sites for hydroxylation is 1. The number of nitrogens with zero attached hydrogens (tertiary/aromatic N) is 6. The zero-order valence-corrected chi connectivity index (χ0v) is 23.6. The number of hydrogen-bond acceptors (Lipinski definition) is 6. The van der Waals surface area contributed by atoms with Gasteiger partial charge in [0.05, 0.1) is 42.1 Å². The molecule has 2 heterocycles. The van der Waals surface area contributed by atoms with Gasteiger partial charge in [-0.25, -0.2) is 4.79 Å². The average molecular weight is 639 g/mol. The maximum Gasteiger partial charge on any atom is 0.416 e. The molecular formula is C27H27F9N6O2. The summed E-state index contributed by atoms with van der Waals surface area (Å²) < 4.78 is 129. The van der Waals surface area contributed by atoms with Gasteiger partial charge in [-0.2, -0.15) is 44.3 Å². The molecule has 0 saturated heterocycles. The Morgan fingerprint density at radius 3 is 2.05 bits per heavy atom. The summed E-state index contributed by atoms with van der Waals surface area (Å²) in [7, 11) is 1.36. The quantitative estimate of drug-likeness (QED) is 0.249. The lowest BCUT2D eigenvalue weighted by atomic mass is 9.87. The lowest BCUT2D eigenvalue weighted by molar-refractivity contribution is -0.143. The van der Waals surface area contributed by atoms with Crippen molar-refractivity contribution >= 4 is 17.7 Å². The molecule has 0 unspecified atom stereocenters. The lowest BCUT2D eigenvalue weighted by Crippen LogP contribution is -2.48. The fraction of sp³-hybridized carbons (Fsp3) is 0.481. The normalized spacial score (nSPS) is 17.4. The van der Waals surface area contributed by atoms with Crippen molar-refractivity contribution in [2.45, 2.75) is 70.3 Å². The van der Waals surface area contributed by atoms with E-state index >= 15 is 0 Å². The van der Waals surface area contributed by atoms with Crippen LogP contribution < -0.4 is 9.80 Å². The summed E-state index contributed by atoms with van der Waals surface area (Å²) in [6.07, 6.45) is -15.1. The van der Waals surface area contributed by atoms with Crippen LogP contribution in [0.2, 0.25) is 0 Å². The number of alkyl halides is 9. The maximum absolute atomic E-state index is 13.9. The Morgan fingerprint density at radius 1 is 0.932 bits per heavy atom. The molecule has 0 N–H and O–H groups in total. The molecule has 44 heavy (non-hydrogen) atoms. The van der Waals surface area contributed by atoms with Gasteiger partial charge in [0.2, 0.25) is 0 Å². The van der Waals surface area contributed by atoms with Crippen LogP contribution in [0.4, 0.5) is 55.9 Å². The molecular weight excluding hydrogens is 611 g/mol. The van der Waals surface area contributed by atoms with Gasteiger partial charge in [-0.05, 0) is 72.5 Å². The predicted octanol–water partition coefficient (Wildman–Crippen LogP) is 7.55. The van der Waals surface area contributed by atoms with Gasteiger partial charge >= 0.3 is 24.6 Å². The fourth-order valence-corrected chi connectivity index (χ4v) is 5.24. The number of carbonyl (C=O) groups excluding carboxylic acids is 1. The monoisotopic (exact) mass is 638 g/mol. The van der Waals surface area contributed by atoms with Crippen molar-refractivity contribution in [1.82, 2.24) is 20.2 Å². The summed E-state index contributed by atoms with van der Waals surface area (Å²) in [6, 6.07) is 1.91. The van der Waals surface area contributed by atoms with E-state index in [2.05, 4.69) is 15.4 Å². The van der Waals surface area contributed by atoms with Crippen molar-refractivity contribution in [3.8, 4) is 0 Å². The minimum atomic E-state index is -5.13. The number of amides is 1. The van der Waals surface area contributed by atoms with Crippen molar-refractivity contribution in [1.29, 1.82) is 0 Å². The van der Waals surface area contributed by atoms with Crippen molar-refractivity contribution < 1.29 is 49.0 Å². The minimum Gasteiger partial charge on any atom is -0.449 e. The Labute approximate surface area is 245 Å². The molecule has 240 valence electrons. The van der Waals surface area contributed by atoms with E-state index in [1.165, 1.54) is 16.8 Å². The molecule has 3 aromatic rings. The van der Waals surface area contributed by atoms with E-state index in [9.17, 15) is 44.3 Å². The number of tetrazole rings is 1. The van der Waals surface area contributed by atoms with Crippen molar-refractivity contribution in [3.05, 3.63) is 64.2 Å². The minimum absolute atomic E-state index is 0.0194. The third kappa shape index (κ3) is 7.01. The van der Waals surface area contributed by atoms with E-state index in [0.29, 0.717) is 25.0 Å². The van der Waals surface area contributed by atoms with E-state index in [0.717, 1.165) is 23.0 Å². The van der Waals surface area contributed by atoms with Gasteiger partial charge in [0.25, 0.3) is 5.95 Å². The van der Waals surface area contributed by atoms with Crippen molar-refractivity contribution in [3.63, 3.8) is 0 Å². The van der Waals surface area contributed by atoms with Crippen LogP contribution in [0.3, 0.4) is 0 Å². The van der Waals surface area contributed by atoms with Crippen LogP contribution in [-0.2, 0) is 36.9 Å². The SMILES string of the molecule is CCC[C@@H]1C[C@H](N(Cc2cc(C(F)(F)F)cc(C(F)(F)F)c2)c2nnn(C)n2)c2cc(C(F)(F)F)ccc2N1C(=O)OCC. The number of benzene rings is 2. The summed E-state index contributed by atoms with van der Waals surface area (Å²) >= 11 is 0. The maximum atomic E-state index is 13.9. The highest BCUT2D eigenvalue weighted by Crippen LogP contribution is 2.46. The zero-order chi connectivity index (χ0) is 32.6. The third-order valence-electron chi connectivity index (χ3n) is 7.05.